The molecule has 0 amide bonds. The van der Waals surface area contributed by atoms with Gasteiger partial charge in [-0.15, -0.1) is 12.4 Å². The lowest BCUT2D eigenvalue weighted by Crippen LogP contribution is -2.30. The van der Waals surface area contributed by atoms with Gasteiger partial charge in [0.05, 0.1) is 0 Å². The molecule has 0 saturated heterocycles. The van der Waals surface area contributed by atoms with Crippen LogP contribution in [-0.4, -0.2) is 13.6 Å². The van der Waals surface area contributed by atoms with Crippen molar-refractivity contribution in [1.82, 2.24) is 5.32 Å². The van der Waals surface area contributed by atoms with Gasteiger partial charge in [0, 0.05) is 24.5 Å². The van der Waals surface area contributed by atoms with Crippen molar-refractivity contribution >= 4 is 23.8 Å². The molecule has 1 heterocycles. The summed E-state index contributed by atoms with van der Waals surface area (Å²) >= 11 is 0. The van der Waals surface area contributed by atoms with Gasteiger partial charge in [0.25, 0.3) is 0 Å². The summed E-state index contributed by atoms with van der Waals surface area (Å²) in [7, 11) is 2.16. The zero-order valence-corrected chi connectivity index (χ0v) is 14.5. The predicted molar refractivity (Wildman–Crippen MR) is 100.0 cm³/mol. The van der Waals surface area contributed by atoms with E-state index in [2.05, 4.69) is 65.8 Å². The van der Waals surface area contributed by atoms with Gasteiger partial charge in [-0.2, -0.15) is 0 Å². The largest absolute Gasteiger partial charge is 0.345 e. The number of nitrogens with one attached hydrogen (secondary N) is 1. The maximum atomic E-state index is 3.73. The average Bonchev–Trinajstić information content (AvgIpc) is 3.39. The molecular formula is C20H25ClN2. The minimum atomic E-state index is 0. The van der Waals surface area contributed by atoms with Gasteiger partial charge < -0.3 is 10.2 Å². The minimum Gasteiger partial charge on any atom is -0.345 e. The molecule has 2 aromatic rings. The smallest absolute Gasteiger partial charge is 0.0411 e. The lowest BCUT2D eigenvalue weighted by Gasteiger charge is -2.29. The van der Waals surface area contributed by atoms with Gasteiger partial charge in [-0.05, 0) is 60.7 Å². The van der Waals surface area contributed by atoms with Crippen molar-refractivity contribution in [2.75, 3.05) is 18.5 Å². The Hall–Kier alpha value is -1.51. The first-order valence-corrected chi connectivity index (χ1v) is 8.46. The van der Waals surface area contributed by atoms with E-state index in [1.54, 1.807) is 0 Å². The van der Waals surface area contributed by atoms with Crippen LogP contribution in [0.4, 0.5) is 11.4 Å². The Morgan fingerprint density at radius 3 is 2.57 bits per heavy atom. The monoisotopic (exact) mass is 328 g/mol. The molecule has 3 heteroatoms. The Morgan fingerprint density at radius 1 is 1.04 bits per heavy atom. The highest BCUT2D eigenvalue weighted by Gasteiger charge is 2.29. The molecule has 0 aromatic heterocycles. The first-order valence-electron chi connectivity index (χ1n) is 8.46. The molecule has 0 spiro atoms. The van der Waals surface area contributed by atoms with E-state index in [1.807, 2.05) is 0 Å². The van der Waals surface area contributed by atoms with Crippen molar-refractivity contribution in [2.45, 2.75) is 31.7 Å². The van der Waals surface area contributed by atoms with Crippen LogP contribution in [-0.2, 0) is 6.42 Å². The summed E-state index contributed by atoms with van der Waals surface area (Å²) in [5, 5.41) is 3.73. The Kier molecular flexibility index (Phi) is 4.93. The molecule has 1 N–H and O–H groups in total. The number of anilines is 2. The second kappa shape index (κ2) is 6.94. The number of para-hydroxylation sites is 1. The normalized spacial score (nSPS) is 19.6. The summed E-state index contributed by atoms with van der Waals surface area (Å²) in [5.74, 6) is 0.957. The predicted octanol–water partition coefficient (Wildman–Crippen LogP) is 4.86. The summed E-state index contributed by atoms with van der Waals surface area (Å²) in [4.78, 5) is 2.28. The number of halogens is 1. The molecular weight excluding hydrogens is 304 g/mol. The molecule has 1 aliphatic carbocycles. The summed E-state index contributed by atoms with van der Waals surface area (Å²) in [5.41, 5.74) is 5.59. The quantitative estimate of drug-likeness (QED) is 0.862. The maximum Gasteiger partial charge on any atom is 0.0411 e. The zero-order chi connectivity index (χ0) is 14.9. The lowest BCUT2D eigenvalue weighted by atomic mass is 9.90. The zero-order valence-electron chi connectivity index (χ0n) is 13.7. The lowest BCUT2D eigenvalue weighted by molar-refractivity contribution is 0.453. The first kappa shape index (κ1) is 16.4. The van der Waals surface area contributed by atoms with Crippen LogP contribution in [0.5, 0.6) is 0 Å². The van der Waals surface area contributed by atoms with Crippen LogP contribution in [0.1, 0.15) is 36.4 Å². The molecule has 2 aliphatic rings. The molecule has 122 valence electrons. The fraction of sp³-hybridized carbons (Fsp3) is 0.400. The van der Waals surface area contributed by atoms with Crippen molar-refractivity contribution < 1.29 is 0 Å². The van der Waals surface area contributed by atoms with Gasteiger partial charge in [-0.1, -0.05) is 37.1 Å². The highest BCUT2D eigenvalue weighted by Crippen LogP contribution is 2.40. The van der Waals surface area contributed by atoms with Gasteiger partial charge in [-0.3, -0.25) is 0 Å². The van der Waals surface area contributed by atoms with Gasteiger partial charge in [0.2, 0.25) is 0 Å². The number of hydrogen-bond donors (Lipinski definition) is 1. The Labute approximate surface area is 145 Å². The molecule has 23 heavy (non-hydrogen) atoms. The van der Waals surface area contributed by atoms with Crippen LogP contribution in [0.25, 0.3) is 0 Å². The number of benzene rings is 2. The van der Waals surface area contributed by atoms with Gasteiger partial charge in [0.15, 0.2) is 0 Å². The van der Waals surface area contributed by atoms with Crippen LogP contribution >= 0.6 is 12.4 Å². The Bertz CT molecular complexity index is 652. The van der Waals surface area contributed by atoms with E-state index in [0.29, 0.717) is 6.04 Å². The van der Waals surface area contributed by atoms with Crippen molar-refractivity contribution in [1.29, 1.82) is 0 Å². The van der Waals surface area contributed by atoms with Crippen molar-refractivity contribution in [3.63, 3.8) is 0 Å². The van der Waals surface area contributed by atoms with Crippen LogP contribution in [0.3, 0.4) is 0 Å². The topological polar surface area (TPSA) is 15.3 Å². The first-order chi connectivity index (χ1) is 10.8. The van der Waals surface area contributed by atoms with Gasteiger partial charge in [-0.25, -0.2) is 0 Å². The minimum absolute atomic E-state index is 0. The fourth-order valence-corrected chi connectivity index (χ4v) is 3.53. The van der Waals surface area contributed by atoms with Crippen molar-refractivity contribution in [2.24, 2.45) is 5.92 Å². The molecule has 4 rings (SSSR count). The van der Waals surface area contributed by atoms with Crippen LogP contribution in [0.2, 0.25) is 0 Å². The maximum absolute atomic E-state index is 3.73. The van der Waals surface area contributed by atoms with E-state index < -0.39 is 0 Å². The van der Waals surface area contributed by atoms with Crippen LogP contribution in [0, 0.1) is 5.92 Å². The van der Waals surface area contributed by atoms with Crippen LogP contribution in [0.15, 0.2) is 48.5 Å². The van der Waals surface area contributed by atoms with Crippen molar-refractivity contribution in [3.8, 4) is 0 Å². The third kappa shape index (κ3) is 3.54. The number of nitrogens with zero attached hydrogens (tertiary/aromatic N) is 1. The molecule has 1 unspecified atom stereocenters. The van der Waals surface area contributed by atoms with E-state index in [9.17, 15) is 0 Å². The van der Waals surface area contributed by atoms with E-state index in [0.717, 1.165) is 18.9 Å². The molecule has 1 atom stereocenters. The van der Waals surface area contributed by atoms with E-state index >= 15 is 0 Å². The third-order valence-electron chi connectivity index (χ3n) is 5.09. The number of fused-ring (bicyclic) bond motifs is 1. The summed E-state index contributed by atoms with van der Waals surface area (Å²) in [6, 6.07) is 18.2. The van der Waals surface area contributed by atoms with Gasteiger partial charge >= 0.3 is 0 Å². The third-order valence-corrected chi connectivity index (χ3v) is 5.09. The Balaban J connectivity index is 0.00000156. The van der Waals surface area contributed by atoms with E-state index in [1.165, 1.54) is 41.8 Å². The molecule has 1 saturated carbocycles. The highest BCUT2D eigenvalue weighted by atomic mass is 35.5. The van der Waals surface area contributed by atoms with Crippen LogP contribution < -0.4 is 10.2 Å². The molecule has 1 aliphatic heterocycles. The highest BCUT2D eigenvalue weighted by molar-refractivity contribution is 5.85. The van der Waals surface area contributed by atoms with E-state index in [4.69, 9.17) is 0 Å². The van der Waals surface area contributed by atoms with Gasteiger partial charge in [0.1, 0.15) is 0 Å². The second-order valence-electron chi connectivity index (χ2n) is 6.71. The summed E-state index contributed by atoms with van der Waals surface area (Å²) in [6.07, 6.45) is 5.32. The standard InChI is InChI=1S/C20H24N2.ClH/c1-22(17-5-3-2-4-6-17)18-10-9-16-11-12-21-20(19(16)14-18)13-15-7-8-15;/h2-6,9-10,14-15,20-21H,7-8,11-13H2,1H3;1H. The second-order valence-corrected chi connectivity index (χ2v) is 6.71. The molecule has 2 nitrogen and oxygen atoms in total. The van der Waals surface area contributed by atoms with Crippen molar-refractivity contribution in [3.05, 3.63) is 59.7 Å². The Morgan fingerprint density at radius 2 is 1.83 bits per heavy atom. The van der Waals surface area contributed by atoms with E-state index in [-0.39, 0.29) is 12.4 Å². The molecule has 0 radical (unpaired) electrons. The molecule has 1 fully saturated rings. The summed E-state index contributed by atoms with van der Waals surface area (Å²) in [6.45, 7) is 1.12. The fourth-order valence-electron chi connectivity index (χ4n) is 3.53. The SMILES string of the molecule is CN(c1ccccc1)c1ccc2c(c1)C(CC1CC1)NCC2.Cl. The number of rotatable bonds is 4. The number of hydrogen-bond acceptors (Lipinski definition) is 2. The summed E-state index contributed by atoms with van der Waals surface area (Å²) < 4.78 is 0. The average molecular weight is 329 g/mol. The molecule has 2 aromatic carbocycles. The molecule has 0 bridgehead atoms.